The van der Waals surface area contributed by atoms with Gasteiger partial charge in [-0.1, -0.05) is 30.3 Å². The topological polar surface area (TPSA) is 107 Å². The molecule has 0 atom stereocenters. The second-order valence-corrected chi connectivity index (χ2v) is 4.82. The molecule has 0 aliphatic rings. The van der Waals surface area contributed by atoms with Crippen LogP contribution in [0.5, 0.6) is 0 Å². The van der Waals surface area contributed by atoms with Crippen molar-refractivity contribution in [2.45, 2.75) is 6.54 Å². The van der Waals surface area contributed by atoms with E-state index < -0.39 is 15.8 Å². The molecule has 2 rings (SSSR count). The first-order chi connectivity index (χ1) is 10.9. The zero-order chi connectivity index (χ0) is 17.0. The van der Waals surface area contributed by atoms with Gasteiger partial charge < -0.3 is 4.90 Å². The summed E-state index contributed by atoms with van der Waals surface area (Å²) < 4.78 is 0. The van der Waals surface area contributed by atoms with E-state index in [0.717, 1.165) is 0 Å². The fourth-order valence-electron chi connectivity index (χ4n) is 2.17. The van der Waals surface area contributed by atoms with Crippen molar-refractivity contribution in [1.82, 2.24) is 4.90 Å². The van der Waals surface area contributed by atoms with Crippen LogP contribution in [0.3, 0.4) is 0 Å². The predicted molar refractivity (Wildman–Crippen MR) is 82.0 cm³/mol. The average molecular weight is 315 g/mol. The maximum Gasteiger partial charge on any atom is 0.282 e. The van der Waals surface area contributed by atoms with Crippen LogP contribution < -0.4 is 0 Å². The lowest BCUT2D eigenvalue weighted by Crippen LogP contribution is -2.27. The number of para-hydroxylation sites is 2. The van der Waals surface area contributed by atoms with Gasteiger partial charge in [-0.25, -0.2) is 0 Å². The van der Waals surface area contributed by atoms with Gasteiger partial charge in [-0.3, -0.25) is 25.0 Å². The van der Waals surface area contributed by atoms with Crippen molar-refractivity contribution in [3.8, 4) is 0 Å². The molecule has 0 fully saturated rings. The highest BCUT2D eigenvalue weighted by Crippen LogP contribution is 2.22. The summed E-state index contributed by atoms with van der Waals surface area (Å²) in [5.41, 5.74) is -0.104. The largest absolute Gasteiger partial charge is 0.337 e. The number of nitro benzene ring substituents is 2. The van der Waals surface area contributed by atoms with Crippen LogP contribution in [0.4, 0.5) is 11.4 Å². The first-order valence-corrected chi connectivity index (χ1v) is 6.63. The molecule has 8 heteroatoms. The Morgan fingerprint density at radius 3 is 2.09 bits per heavy atom. The molecule has 0 heterocycles. The highest BCUT2D eigenvalue weighted by atomic mass is 16.6. The fourth-order valence-corrected chi connectivity index (χ4v) is 2.17. The smallest absolute Gasteiger partial charge is 0.282 e. The van der Waals surface area contributed by atoms with Gasteiger partial charge in [-0.2, -0.15) is 0 Å². The molecule has 8 nitrogen and oxygen atoms in total. The van der Waals surface area contributed by atoms with E-state index in [2.05, 4.69) is 0 Å². The standard InChI is InChI=1S/C15H13N3O5/c1-16(10-11-6-2-4-8-13(11)17(20)21)15(19)12-7-3-5-9-14(12)18(22)23/h2-9H,10H2,1H3. The van der Waals surface area contributed by atoms with Gasteiger partial charge in [-0.05, 0) is 6.07 Å². The number of rotatable bonds is 5. The number of benzene rings is 2. The first-order valence-electron chi connectivity index (χ1n) is 6.63. The molecule has 0 bridgehead atoms. The quantitative estimate of drug-likeness (QED) is 0.623. The van der Waals surface area contributed by atoms with Crippen molar-refractivity contribution in [2.24, 2.45) is 0 Å². The zero-order valence-electron chi connectivity index (χ0n) is 12.2. The van der Waals surface area contributed by atoms with Crippen LogP contribution >= 0.6 is 0 Å². The number of hydrogen-bond donors (Lipinski definition) is 0. The average Bonchev–Trinajstić information content (AvgIpc) is 2.54. The Morgan fingerprint density at radius 1 is 0.957 bits per heavy atom. The molecule has 0 radical (unpaired) electrons. The van der Waals surface area contributed by atoms with E-state index in [1.807, 2.05) is 0 Å². The van der Waals surface area contributed by atoms with Gasteiger partial charge in [0.25, 0.3) is 17.3 Å². The van der Waals surface area contributed by atoms with Gasteiger partial charge in [0.15, 0.2) is 0 Å². The van der Waals surface area contributed by atoms with Crippen LogP contribution in [-0.2, 0) is 6.54 Å². The third-order valence-electron chi connectivity index (χ3n) is 3.27. The summed E-state index contributed by atoms with van der Waals surface area (Å²) in [4.78, 5) is 34.5. The Kier molecular flexibility index (Phi) is 4.65. The Hall–Kier alpha value is -3.29. The third kappa shape index (κ3) is 3.49. The van der Waals surface area contributed by atoms with Crippen LogP contribution in [0.25, 0.3) is 0 Å². The van der Waals surface area contributed by atoms with Crippen molar-refractivity contribution >= 4 is 17.3 Å². The minimum atomic E-state index is -0.633. The number of nitro groups is 2. The summed E-state index contributed by atoms with van der Waals surface area (Å²) in [6.07, 6.45) is 0. The van der Waals surface area contributed by atoms with Crippen LogP contribution in [0.15, 0.2) is 48.5 Å². The molecule has 0 N–H and O–H groups in total. The molecule has 0 unspecified atom stereocenters. The Labute approximate surface area is 131 Å². The molecule has 0 saturated heterocycles. The van der Waals surface area contributed by atoms with E-state index >= 15 is 0 Å². The van der Waals surface area contributed by atoms with Crippen molar-refractivity contribution in [3.05, 3.63) is 79.9 Å². The number of carbonyl (C=O) groups excluding carboxylic acids is 1. The zero-order valence-corrected chi connectivity index (χ0v) is 12.2. The second-order valence-electron chi connectivity index (χ2n) is 4.82. The number of amides is 1. The van der Waals surface area contributed by atoms with Gasteiger partial charge in [0.05, 0.1) is 16.4 Å². The minimum Gasteiger partial charge on any atom is -0.337 e. The van der Waals surface area contributed by atoms with Crippen molar-refractivity contribution in [3.63, 3.8) is 0 Å². The molecule has 0 spiro atoms. The molecule has 118 valence electrons. The maximum atomic E-state index is 12.4. The summed E-state index contributed by atoms with van der Waals surface area (Å²) >= 11 is 0. The summed E-state index contributed by atoms with van der Waals surface area (Å²) in [5.74, 6) is -0.574. The SMILES string of the molecule is CN(Cc1ccccc1[N+](=O)[O-])C(=O)c1ccccc1[N+](=O)[O-]. The van der Waals surface area contributed by atoms with Crippen LogP contribution in [0.1, 0.15) is 15.9 Å². The molecule has 0 aromatic heterocycles. The van der Waals surface area contributed by atoms with Crippen LogP contribution in [0.2, 0.25) is 0 Å². The number of carbonyl (C=O) groups is 1. The molecule has 23 heavy (non-hydrogen) atoms. The third-order valence-corrected chi connectivity index (χ3v) is 3.27. The Morgan fingerprint density at radius 2 is 1.48 bits per heavy atom. The molecule has 0 saturated carbocycles. The molecule has 2 aromatic rings. The van der Waals surface area contributed by atoms with E-state index in [9.17, 15) is 25.0 Å². The normalized spacial score (nSPS) is 10.1. The lowest BCUT2D eigenvalue weighted by Gasteiger charge is -2.17. The predicted octanol–water partition coefficient (Wildman–Crippen LogP) is 2.78. The highest BCUT2D eigenvalue weighted by molar-refractivity contribution is 5.97. The lowest BCUT2D eigenvalue weighted by atomic mass is 10.1. The minimum absolute atomic E-state index is 0.0258. The van der Waals surface area contributed by atoms with Crippen molar-refractivity contribution in [1.29, 1.82) is 0 Å². The van der Waals surface area contributed by atoms with Crippen LogP contribution in [0, 0.1) is 20.2 Å². The summed E-state index contributed by atoms with van der Waals surface area (Å²) in [7, 11) is 1.44. The molecule has 2 aromatic carbocycles. The second kappa shape index (κ2) is 6.65. The highest BCUT2D eigenvalue weighted by Gasteiger charge is 2.23. The Bertz CT molecular complexity index is 775. The van der Waals surface area contributed by atoms with E-state index in [4.69, 9.17) is 0 Å². The molecule has 1 amide bonds. The van der Waals surface area contributed by atoms with E-state index in [-0.39, 0.29) is 23.5 Å². The van der Waals surface area contributed by atoms with Crippen LogP contribution in [-0.4, -0.2) is 27.7 Å². The van der Waals surface area contributed by atoms with Gasteiger partial charge in [0.1, 0.15) is 5.56 Å². The molecule has 0 aliphatic heterocycles. The van der Waals surface area contributed by atoms with E-state index in [1.54, 1.807) is 12.1 Å². The first kappa shape index (κ1) is 16.1. The lowest BCUT2D eigenvalue weighted by molar-refractivity contribution is -0.385. The fraction of sp³-hybridized carbons (Fsp3) is 0.133. The maximum absolute atomic E-state index is 12.4. The summed E-state index contributed by atoms with van der Waals surface area (Å²) in [6.45, 7) is -0.0258. The van der Waals surface area contributed by atoms with Crippen molar-refractivity contribution in [2.75, 3.05) is 7.05 Å². The van der Waals surface area contributed by atoms with Gasteiger partial charge in [0, 0.05) is 24.7 Å². The molecular weight excluding hydrogens is 302 g/mol. The number of hydrogen-bond acceptors (Lipinski definition) is 5. The molecular formula is C15H13N3O5. The van der Waals surface area contributed by atoms with Gasteiger partial charge >= 0.3 is 0 Å². The molecule has 0 aliphatic carbocycles. The van der Waals surface area contributed by atoms with Crippen molar-refractivity contribution < 1.29 is 14.6 Å². The van der Waals surface area contributed by atoms with E-state index in [0.29, 0.717) is 5.56 Å². The van der Waals surface area contributed by atoms with Gasteiger partial charge in [0.2, 0.25) is 0 Å². The number of nitrogens with zero attached hydrogens (tertiary/aromatic N) is 3. The van der Waals surface area contributed by atoms with Gasteiger partial charge in [-0.15, -0.1) is 0 Å². The Balaban J connectivity index is 2.29. The summed E-state index contributed by atoms with van der Waals surface area (Å²) in [5, 5.41) is 22.0. The van der Waals surface area contributed by atoms with E-state index in [1.165, 1.54) is 48.3 Å². The summed E-state index contributed by atoms with van der Waals surface area (Å²) in [6, 6.07) is 11.6. The monoisotopic (exact) mass is 315 g/mol.